The molecule has 0 amide bonds. The highest BCUT2D eigenvalue weighted by atomic mass is 32.2. The number of nitrogens with zero attached hydrogens (tertiary/aromatic N) is 1. The zero-order chi connectivity index (χ0) is 14.9. The van der Waals surface area contributed by atoms with Crippen molar-refractivity contribution in [3.8, 4) is 0 Å². The first-order valence-corrected chi connectivity index (χ1v) is 8.49. The van der Waals surface area contributed by atoms with Gasteiger partial charge in [-0.25, -0.2) is 8.42 Å². The van der Waals surface area contributed by atoms with Gasteiger partial charge in [0.25, 0.3) is 10.0 Å². The predicted octanol–water partition coefficient (Wildman–Crippen LogP) is 1.88. The second-order valence-corrected chi connectivity index (χ2v) is 7.06. The minimum absolute atomic E-state index is 0.324. The van der Waals surface area contributed by atoms with E-state index in [0.717, 1.165) is 29.8 Å². The summed E-state index contributed by atoms with van der Waals surface area (Å²) in [5.41, 5.74) is 2.76. The Balaban J connectivity index is 1.99. The topological polar surface area (TPSA) is 65.2 Å². The summed E-state index contributed by atoms with van der Waals surface area (Å²) in [5, 5.41) is 3.00. The van der Waals surface area contributed by atoms with Crippen LogP contribution in [0.2, 0.25) is 0 Å². The molecule has 2 N–H and O–H groups in total. The van der Waals surface area contributed by atoms with Crippen molar-refractivity contribution >= 4 is 15.7 Å². The predicted molar refractivity (Wildman–Crippen MR) is 82.9 cm³/mol. The number of sulfonamides is 1. The fourth-order valence-corrected chi connectivity index (χ4v) is 4.30. The first kappa shape index (κ1) is 14.2. The molecule has 0 spiro atoms. The van der Waals surface area contributed by atoms with E-state index in [1.54, 1.807) is 12.3 Å². The molecule has 5 nitrogen and oxygen atoms in total. The molecule has 6 heteroatoms. The van der Waals surface area contributed by atoms with Gasteiger partial charge in [-0.15, -0.1) is 0 Å². The minimum atomic E-state index is -3.50. The van der Waals surface area contributed by atoms with E-state index < -0.39 is 10.0 Å². The highest BCUT2D eigenvalue weighted by Gasteiger charge is 2.29. The summed E-state index contributed by atoms with van der Waals surface area (Å²) in [6.45, 7) is 1.15. The van der Waals surface area contributed by atoms with Crippen molar-refractivity contribution in [2.45, 2.75) is 24.3 Å². The Kier molecular flexibility index (Phi) is 3.73. The third kappa shape index (κ3) is 2.56. The van der Waals surface area contributed by atoms with E-state index in [1.165, 1.54) is 4.31 Å². The summed E-state index contributed by atoms with van der Waals surface area (Å²) in [6, 6.07) is 9.42. The zero-order valence-electron chi connectivity index (χ0n) is 12.0. The molecule has 2 heterocycles. The summed E-state index contributed by atoms with van der Waals surface area (Å²) in [4.78, 5) is 3.33. The number of nitrogens with one attached hydrogen (secondary N) is 2. The average Bonchev–Trinajstić information content (AvgIpc) is 2.96. The third-order valence-electron chi connectivity index (χ3n) is 3.74. The molecule has 3 rings (SSSR count). The van der Waals surface area contributed by atoms with Crippen LogP contribution in [0.1, 0.15) is 17.7 Å². The van der Waals surface area contributed by atoms with E-state index >= 15 is 0 Å². The van der Waals surface area contributed by atoms with Gasteiger partial charge in [0.2, 0.25) is 0 Å². The van der Waals surface area contributed by atoms with Gasteiger partial charge in [-0.2, -0.15) is 0 Å². The number of benzene rings is 1. The SMILES string of the molecule is CNCc1cc(S(=O)(=O)N2CCCc3ccccc32)c[nH]1. The number of H-pyrrole nitrogens is 1. The van der Waals surface area contributed by atoms with Crippen LogP contribution in [-0.2, 0) is 23.0 Å². The fraction of sp³-hybridized carbons (Fsp3) is 0.333. The monoisotopic (exact) mass is 305 g/mol. The van der Waals surface area contributed by atoms with Crippen molar-refractivity contribution in [1.82, 2.24) is 10.3 Å². The molecule has 1 aliphatic heterocycles. The molecule has 0 bridgehead atoms. The van der Waals surface area contributed by atoms with E-state index in [4.69, 9.17) is 0 Å². The van der Waals surface area contributed by atoms with Crippen molar-refractivity contribution < 1.29 is 8.42 Å². The normalized spacial score (nSPS) is 15.0. The number of aryl methyl sites for hydroxylation is 1. The fourth-order valence-electron chi connectivity index (χ4n) is 2.74. The van der Waals surface area contributed by atoms with Gasteiger partial charge in [0.15, 0.2) is 0 Å². The Morgan fingerprint density at radius 2 is 2.14 bits per heavy atom. The van der Waals surface area contributed by atoms with Crippen LogP contribution in [0.5, 0.6) is 0 Å². The summed E-state index contributed by atoms with van der Waals surface area (Å²) in [5.74, 6) is 0. The Labute approximate surface area is 125 Å². The maximum Gasteiger partial charge on any atom is 0.265 e. The van der Waals surface area contributed by atoms with E-state index in [0.29, 0.717) is 18.0 Å². The summed E-state index contributed by atoms with van der Waals surface area (Å²) >= 11 is 0. The maximum absolute atomic E-state index is 12.9. The number of aromatic nitrogens is 1. The summed E-state index contributed by atoms with van der Waals surface area (Å²) < 4.78 is 27.2. The van der Waals surface area contributed by atoms with E-state index in [-0.39, 0.29) is 0 Å². The van der Waals surface area contributed by atoms with Gasteiger partial charge in [-0.1, -0.05) is 18.2 Å². The Morgan fingerprint density at radius 3 is 2.95 bits per heavy atom. The molecule has 0 unspecified atom stereocenters. The van der Waals surface area contributed by atoms with Crippen LogP contribution in [0.3, 0.4) is 0 Å². The van der Waals surface area contributed by atoms with Crippen LogP contribution < -0.4 is 9.62 Å². The van der Waals surface area contributed by atoms with Gasteiger partial charge in [0, 0.05) is 25.0 Å². The van der Waals surface area contributed by atoms with Crippen LogP contribution in [0.4, 0.5) is 5.69 Å². The zero-order valence-corrected chi connectivity index (χ0v) is 12.8. The molecule has 1 aromatic carbocycles. The first-order valence-electron chi connectivity index (χ1n) is 7.05. The molecule has 0 radical (unpaired) electrons. The highest BCUT2D eigenvalue weighted by Crippen LogP contribution is 2.31. The van der Waals surface area contributed by atoms with Crippen molar-refractivity contribution in [2.75, 3.05) is 17.9 Å². The molecule has 0 saturated carbocycles. The molecule has 0 aliphatic carbocycles. The number of fused-ring (bicyclic) bond motifs is 1. The van der Waals surface area contributed by atoms with Crippen molar-refractivity contribution in [2.24, 2.45) is 0 Å². The summed E-state index contributed by atoms with van der Waals surface area (Å²) in [7, 11) is -1.67. The maximum atomic E-state index is 12.9. The van der Waals surface area contributed by atoms with Gasteiger partial charge in [0.05, 0.1) is 5.69 Å². The number of hydrogen-bond donors (Lipinski definition) is 2. The number of anilines is 1. The molecule has 21 heavy (non-hydrogen) atoms. The Bertz CT molecular complexity index is 737. The largest absolute Gasteiger partial charge is 0.363 e. The molecule has 1 aromatic heterocycles. The van der Waals surface area contributed by atoms with Crippen LogP contribution >= 0.6 is 0 Å². The van der Waals surface area contributed by atoms with E-state index in [2.05, 4.69) is 10.3 Å². The lowest BCUT2D eigenvalue weighted by Gasteiger charge is -2.30. The quantitative estimate of drug-likeness (QED) is 0.906. The second-order valence-electron chi connectivity index (χ2n) is 5.20. The number of para-hydroxylation sites is 1. The van der Waals surface area contributed by atoms with Gasteiger partial charge < -0.3 is 10.3 Å². The average molecular weight is 305 g/mol. The molecule has 1 aliphatic rings. The van der Waals surface area contributed by atoms with Gasteiger partial charge >= 0.3 is 0 Å². The van der Waals surface area contributed by atoms with E-state index in [1.807, 2.05) is 31.3 Å². The molecule has 2 aromatic rings. The molecule has 0 saturated heterocycles. The van der Waals surface area contributed by atoms with Crippen LogP contribution in [0, 0.1) is 0 Å². The van der Waals surface area contributed by atoms with Crippen molar-refractivity contribution in [3.63, 3.8) is 0 Å². The minimum Gasteiger partial charge on any atom is -0.363 e. The lowest BCUT2D eigenvalue weighted by atomic mass is 10.0. The van der Waals surface area contributed by atoms with Crippen molar-refractivity contribution in [3.05, 3.63) is 47.8 Å². The standard InChI is InChI=1S/C15H19N3O2S/c1-16-10-13-9-14(11-17-13)21(19,20)18-8-4-6-12-5-2-3-7-15(12)18/h2-3,5,7,9,11,16-17H,4,6,8,10H2,1H3. The molecule has 0 atom stereocenters. The lowest BCUT2D eigenvalue weighted by Crippen LogP contribution is -2.35. The van der Waals surface area contributed by atoms with Gasteiger partial charge in [-0.3, -0.25) is 4.31 Å². The number of hydrogen-bond acceptors (Lipinski definition) is 3. The first-order chi connectivity index (χ1) is 10.1. The summed E-state index contributed by atoms with van der Waals surface area (Å²) in [6.07, 6.45) is 3.35. The van der Waals surface area contributed by atoms with Crippen LogP contribution in [-0.4, -0.2) is 27.0 Å². The number of rotatable bonds is 4. The number of aromatic amines is 1. The van der Waals surface area contributed by atoms with E-state index in [9.17, 15) is 8.42 Å². The Morgan fingerprint density at radius 1 is 1.33 bits per heavy atom. The molecular weight excluding hydrogens is 286 g/mol. The third-order valence-corrected chi connectivity index (χ3v) is 5.53. The Hall–Kier alpha value is -1.79. The van der Waals surface area contributed by atoms with Crippen molar-refractivity contribution in [1.29, 1.82) is 0 Å². The smallest absolute Gasteiger partial charge is 0.265 e. The highest BCUT2D eigenvalue weighted by molar-refractivity contribution is 7.92. The molecule has 112 valence electrons. The molecule has 0 fully saturated rings. The molecular formula is C15H19N3O2S. The van der Waals surface area contributed by atoms with Gasteiger partial charge in [-0.05, 0) is 37.6 Å². The second kappa shape index (κ2) is 5.54. The van der Waals surface area contributed by atoms with Gasteiger partial charge in [0.1, 0.15) is 4.90 Å². The van der Waals surface area contributed by atoms with Crippen LogP contribution in [0.15, 0.2) is 41.4 Å². The van der Waals surface area contributed by atoms with Crippen LogP contribution in [0.25, 0.3) is 0 Å². The lowest BCUT2D eigenvalue weighted by molar-refractivity contribution is 0.586.